The van der Waals surface area contributed by atoms with Gasteiger partial charge in [-0.3, -0.25) is 4.79 Å². The number of nitrogens with zero attached hydrogens (tertiary/aromatic N) is 1. The van der Waals surface area contributed by atoms with Gasteiger partial charge in [-0.2, -0.15) is 4.98 Å². The highest BCUT2D eigenvalue weighted by Gasteiger charge is 2.09. The van der Waals surface area contributed by atoms with Gasteiger partial charge in [0.05, 0.1) is 10.6 Å². The lowest BCUT2D eigenvalue weighted by atomic mass is 10.2. The van der Waals surface area contributed by atoms with Gasteiger partial charge in [0.25, 0.3) is 5.56 Å². The van der Waals surface area contributed by atoms with Crippen molar-refractivity contribution in [2.24, 2.45) is 0 Å². The fraction of sp³-hybridized carbons (Fsp3) is 0.0909. The van der Waals surface area contributed by atoms with Gasteiger partial charge in [0.1, 0.15) is 11.6 Å². The number of H-pyrrole nitrogens is 1. The molecule has 17 heavy (non-hydrogen) atoms. The molecule has 1 heterocycles. The summed E-state index contributed by atoms with van der Waals surface area (Å²) in [6.45, 7) is 1.45. The van der Waals surface area contributed by atoms with Crippen LogP contribution in [0.3, 0.4) is 0 Å². The van der Waals surface area contributed by atoms with E-state index in [4.69, 9.17) is 11.6 Å². The monoisotopic (exact) mass is 254 g/mol. The van der Waals surface area contributed by atoms with Crippen LogP contribution in [0.4, 0.5) is 4.39 Å². The van der Waals surface area contributed by atoms with E-state index in [0.717, 1.165) is 6.07 Å². The van der Waals surface area contributed by atoms with Crippen molar-refractivity contribution in [1.82, 2.24) is 9.97 Å². The number of hydrogen-bond acceptors (Lipinski definition) is 3. The van der Waals surface area contributed by atoms with Crippen LogP contribution < -0.4 is 5.56 Å². The Bertz CT molecular complexity index is 640. The second-order valence-corrected chi connectivity index (χ2v) is 3.90. The first kappa shape index (κ1) is 11.6. The van der Waals surface area contributed by atoms with Crippen molar-refractivity contribution in [2.45, 2.75) is 6.92 Å². The van der Waals surface area contributed by atoms with Crippen LogP contribution in [0.2, 0.25) is 5.02 Å². The van der Waals surface area contributed by atoms with Crippen LogP contribution in [0.25, 0.3) is 11.4 Å². The Labute approximate surface area is 101 Å². The predicted molar refractivity (Wildman–Crippen MR) is 61.7 cm³/mol. The number of aromatic nitrogens is 2. The molecule has 0 unspecified atom stereocenters. The summed E-state index contributed by atoms with van der Waals surface area (Å²) in [7, 11) is 0. The molecule has 0 bridgehead atoms. The van der Waals surface area contributed by atoms with Crippen molar-refractivity contribution in [1.29, 1.82) is 0 Å². The highest BCUT2D eigenvalue weighted by molar-refractivity contribution is 6.31. The molecule has 0 amide bonds. The molecule has 0 saturated heterocycles. The van der Waals surface area contributed by atoms with Crippen LogP contribution in [0, 0.1) is 12.7 Å². The van der Waals surface area contributed by atoms with E-state index < -0.39 is 11.4 Å². The predicted octanol–water partition coefficient (Wildman–Crippen LogP) is 2.24. The molecule has 0 radical (unpaired) electrons. The molecule has 0 aliphatic heterocycles. The fourth-order valence-corrected chi connectivity index (χ4v) is 1.48. The van der Waals surface area contributed by atoms with E-state index >= 15 is 0 Å². The molecule has 0 fully saturated rings. The van der Waals surface area contributed by atoms with Crippen molar-refractivity contribution >= 4 is 11.6 Å². The van der Waals surface area contributed by atoms with Gasteiger partial charge in [-0.05, 0) is 25.1 Å². The topological polar surface area (TPSA) is 66.0 Å². The molecule has 0 saturated carbocycles. The summed E-state index contributed by atoms with van der Waals surface area (Å²) >= 11 is 5.62. The Morgan fingerprint density at radius 2 is 2.18 bits per heavy atom. The van der Waals surface area contributed by atoms with Crippen LogP contribution in [0.1, 0.15) is 5.56 Å². The second kappa shape index (κ2) is 4.18. The molecule has 88 valence electrons. The van der Waals surface area contributed by atoms with E-state index in [1.54, 1.807) is 0 Å². The van der Waals surface area contributed by atoms with Gasteiger partial charge >= 0.3 is 0 Å². The van der Waals surface area contributed by atoms with Crippen LogP contribution in [0.5, 0.6) is 5.88 Å². The molecular weight excluding hydrogens is 247 g/mol. The lowest BCUT2D eigenvalue weighted by Crippen LogP contribution is -2.12. The first-order valence-corrected chi connectivity index (χ1v) is 5.12. The van der Waals surface area contributed by atoms with E-state index in [-0.39, 0.29) is 22.3 Å². The average Bonchev–Trinajstić information content (AvgIpc) is 2.29. The zero-order chi connectivity index (χ0) is 12.6. The third kappa shape index (κ3) is 2.14. The minimum Gasteiger partial charge on any atom is -0.493 e. The van der Waals surface area contributed by atoms with Crippen molar-refractivity contribution in [3.63, 3.8) is 0 Å². The molecule has 2 aromatic rings. The first-order valence-electron chi connectivity index (χ1n) is 4.74. The van der Waals surface area contributed by atoms with Crippen LogP contribution >= 0.6 is 11.6 Å². The summed E-state index contributed by atoms with van der Waals surface area (Å²) in [5, 5.41) is 9.35. The number of hydrogen-bond donors (Lipinski definition) is 2. The van der Waals surface area contributed by atoms with Gasteiger partial charge in [0, 0.05) is 5.56 Å². The largest absolute Gasteiger partial charge is 0.493 e. The van der Waals surface area contributed by atoms with Crippen molar-refractivity contribution in [3.8, 4) is 17.3 Å². The Kier molecular flexibility index (Phi) is 2.85. The summed E-state index contributed by atoms with van der Waals surface area (Å²) in [4.78, 5) is 17.7. The first-order chi connectivity index (χ1) is 7.99. The van der Waals surface area contributed by atoms with Gasteiger partial charge in [-0.15, -0.1) is 0 Å². The summed E-state index contributed by atoms with van der Waals surface area (Å²) in [6, 6.07) is 3.90. The van der Waals surface area contributed by atoms with E-state index in [1.807, 2.05) is 0 Å². The van der Waals surface area contributed by atoms with Gasteiger partial charge in [-0.25, -0.2) is 4.39 Å². The van der Waals surface area contributed by atoms with Gasteiger partial charge in [-0.1, -0.05) is 11.6 Å². The van der Waals surface area contributed by atoms with Crippen molar-refractivity contribution < 1.29 is 9.50 Å². The smallest absolute Gasteiger partial charge is 0.257 e. The molecule has 2 rings (SSSR count). The molecule has 1 aromatic carbocycles. The van der Waals surface area contributed by atoms with Crippen molar-refractivity contribution in [3.05, 3.63) is 45.0 Å². The lowest BCUT2D eigenvalue weighted by Gasteiger charge is -2.04. The van der Waals surface area contributed by atoms with Crippen LogP contribution in [-0.4, -0.2) is 15.1 Å². The van der Waals surface area contributed by atoms with Crippen LogP contribution in [0.15, 0.2) is 23.0 Å². The quantitative estimate of drug-likeness (QED) is 0.820. The van der Waals surface area contributed by atoms with E-state index in [0.29, 0.717) is 5.56 Å². The Morgan fingerprint density at radius 3 is 2.76 bits per heavy atom. The second-order valence-electron chi connectivity index (χ2n) is 3.49. The minimum atomic E-state index is -0.561. The molecule has 0 spiro atoms. The standard InChI is InChI=1S/C11H8ClFN2O2/c1-5-10(16)14-9(15-11(5)17)6-2-3-8(13)7(12)4-6/h2-4H,1H3,(H2,14,15,16,17). The zero-order valence-electron chi connectivity index (χ0n) is 8.79. The summed E-state index contributed by atoms with van der Waals surface area (Å²) in [5.74, 6) is -0.779. The molecule has 2 N–H and O–H groups in total. The number of benzene rings is 1. The van der Waals surface area contributed by atoms with Crippen molar-refractivity contribution in [2.75, 3.05) is 0 Å². The number of nitrogens with one attached hydrogen (secondary N) is 1. The molecule has 1 aromatic heterocycles. The maximum absolute atomic E-state index is 13.0. The minimum absolute atomic E-state index is 0.0785. The van der Waals surface area contributed by atoms with E-state index in [9.17, 15) is 14.3 Å². The fourth-order valence-electron chi connectivity index (χ4n) is 1.30. The SMILES string of the molecule is Cc1c(O)nc(-c2ccc(F)c(Cl)c2)[nH]c1=O. The third-order valence-corrected chi connectivity index (χ3v) is 2.61. The maximum atomic E-state index is 13.0. The zero-order valence-corrected chi connectivity index (χ0v) is 9.55. The number of aromatic amines is 1. The molecule has 0 aliphatic carbocycles. The summed E-state index contributed by atoms with van der Waals surface area (Å²) in [5.41, 5.74) is 0.0960. The molecule has 6 heteroatoms. The number of aromatic hydroxyl groups is 1. The normalized spacial score (nSPS) is 10.5. The summed E-state index contributed by atoms with van der Waals surface area (Å²) < 4.78 is 13.0. The van der Waals surface area contributed by atoms with Gasteiger partial charge in [0.15, 0.2) is 0 Å². The van der Waals surface area contributed by atoms with Crippen LogP contribution in [-0.2, 0) is 0 Å². The maximum Gasteiger partial charge on any atom is 0.257 e. The molecule has 0 atom stereocenters. The van der Waals surface area contributed by atoms with E-state index in [1.165, 1.54) is 19.1 Å². The Balaban J connectivity index is 2.61. The highest BCUT2D eigenvalue weighted by atomic mass is 35.5. The molecule has 0 aliphatic rings. The van der Waals surface area contributed by atoms with E-state index in [2.05, 4.69) is 9.97 Å². The Hall–Kier alpha value is -1.88. The highest BCUT2D eigenvalue weighted by Crippen LogP contribution is 2.23. The van der Waals surface area contributed by atoms with Gasteiger partial charge in [0.2, 0.25) is 5.88 Å². The number of halogens is 2. The van der Waals surface area contributed by atoms with Gasteiger partial charge < -0.3 is 10.1 Å². The summed E-state index contributed by atoms with van der Waals surface area (Å²) in [6.07, 6.45) is 0. The Morgan fingerprint density at radius 1 is 1.47 bits per heavy atom. The lowest BCUT2D eigenvalue weighted by molar-refractivity contribution is 0.447. The molecular formula is C11H8ClFN2O2. The average molecular weight is 255 g/mol. The third-order valence-electron chi connectivity index (χ3n) is 2.32. The number of rotatable bonds is 1. The molecule has 4 nitrogen and oxygen atoms in total.